The van der Waals surface area contributed by atoms with Gasteiger partial charge in [0, 0.05) is 21.3 Å². The average molecular weight is 472 g/mol. The zero-order valence-corrected chi connectivity index (χ0v) is 17.5. The molecule has 6 nitrogen and oxygen atoms in total. The Bertz CT molecular complexity index is 1070. The Morgan fingerprint density at radius 3 is 2.86 bits per heavy atom. The summed E-state index contributed by atoms with van der Waals surface area (Å²) in [6.45, 7) is 0.707. The lowest BCUT2D eigenvalue weighted by molar-refractivity contribution is 0.0949. The van der Waals surface area contributed by atoms with Gasteiger partial charge in [-0.15, -0.1) is 6.42 Å². The molecular formula is C21H16BrClN4O2. The molecule has 0 saturated carbocycles. The van der Waals surface area contributed by atoms with Gasteiger partial charge in [-0.2, -0.15) is 10.2 Å². The quantitative estimate of drug-likeness (QED) is 0.320. The van der Waals surface area contributed by atoms with Gasteiger partial charge in [-0.25, -0.2) is 5.43 Å². The Morgan fingerprint density at radius 2 is 2.10 bits per heavy atom. The maximum absolute atomic E-state index is 12.3. The van der Waals surface area contributed by atoms with Gasteiger partial charge in [0.15, 0.2) is 5.69 Å². The molecule has 1 N–H and O–H groups in total. The van der Waals surface area contributed by atoms with Gasteiger partial charge in [0.25, 0.3) is 5.91 Å². The van der Waals surface area contributed by atoms with Crippen LogP contribution < -0.4 is 10.2 Å². The fourth-order valence-corrected chi connectivity index (χ4v) is 2.88. The van der Waals surface area contributed by atoms with Gasteiger partial charge in [-0.3, -0.25) is 9.48 Å². The van der Waals surface area contributed by atoms with E-state index in [2.05, 4.69) is 37.5 Å². The Hall–Kier alpha value is -3.08. The molecule has 0 aliphatic heterocycles. The molecule has 1 aromatic heterocycles. The highest BCUT2D eigenvalue weighted by Crippen LogP contribution is 2.21. The Balaban J connectivity index is 1.60. The fourth-order valence-electron chi connectivity index (χ4n) is 2.40. The van der Waals surface area contributed by atoms with Crippen LogP contribution in [-0.2, 0) is 6.54 Å². The number of aromatic nitrogens is 2. The average Bonchev–Trinajstić information content (AvgIpc) is 3.18. The molecule has 0 fully saturated rings. The van der Waals surface area contributed by atoms with Gasteiger partial charge in [-0.05, 0) is 42.0 Å². The summed E-state index contributed by atoms with van der Waals surface area (Å²) in [5.41, 5.74) is 4.49. The van der Waals surface area contributed by atoms with Crippen LogP contribution in [0.4, 0.5) is 0 Å². The van der Waals surface area contributed by atoms with E-state index in [4.69, 9.17) is 22.8 Å². The number of hydrogen-bond acceptors (Lipinski definition) is 4. The number of nitrogens with zero attached hydrogens (tertiary/aromatic N) is 3. The smallest absolute Gasteiger partial charge is 0.291 e. The number of ether oxygens (including phenoxy) is 1. The minimum Gasteiger partial charge on any atom is -0.481 e. The maximum atomic E-state index is 12.3. The van der Waals surface area contributed by atoms with Crippen LogP contribution in [0.2, 0.25) is 5.02 Å². The van der Waals surface area contributed by atoms with Gasteiger partial charge in [0.2, 0.25) is 0 Å². The number of nitrogens with one attached hydrogen (secondary N) is 1. The lowest BCUT2D eigenvalue weighted by atomic mass is 10.2. The van der Waals surface area contributed by atoms with E-state index >= 15 is 0 Å². The third-order valence-corrected chi connectivity index (χ3v) is 4.76. The van der Waals surface area contributed by atoms with Gasteiger partial charge >= 0.3 is 0 Å². The standard InChI is InChI=1S/C21H16BrClN4O2/c1-2-11-29-18-7-8-19(22)16(12-18)13-24-25-21(28)20-9-10-27(26-20)14-15-3-5-17(23)6-4-15/h1,3-10,12-13H,11,14H2,(H,25,28). The van der Waals surface area contributed by atoms with E-state index < -0.39 is 5.91 Å². The number of hydrazone groups is 1. The highest BCUT2D eigenvalue weighted by Gasteiger charge is 2.09. The summed E-state index contributed by atoms with van der Waals surface area (Å²) in [7, 11) is 0. The Labute approximate surface area is 181 Å². The number of benzene rings is 2. The van der Waals surface area contributed by atoms with E-state index in [1.165, 1.54) is 6.21 Å². The van der Waals surface area contributed by atoms with Crippen LogP contribution in [0.15, 0.2) is 64.3 Å². The summed E-state index contributed by atoms with van der Waals surface area (Å²) in [6.07, 6.45) is 8.43. The highest BCUT2D eigenvalue weighted by molar-refractivity contribution is 9.10. The molecular weight excluding hydrogens is 456 g/mol. The van der Waals surface area contributed by atoms with E-state index in [0.717, 1.165) is 15.6 Å². The molecule has 0 spiro atoms. The van der Waals surface area contributed by atoms with Crippen LogP contribution in [0.5, 0.6) is 5.75 Å². The molecule has 0 bridgehead atoms. The predicted molar refractivity (Wildman–Crippen MR) is 116 cm³/mol. The molecule has 0 aliphatic rings. The second-order valence-electron chi connectivity index (χ2n) is 5.90. The highest BCUT2D eigenvalue weighted by atomic mass is 79.9. The zero-order chi connectivity index (χ0) is 20.6. The van der Waals surface area contributed by atoms with Crippen molar-refractivity contribution in [3.05, 3.63) is 81.0 Å². The monoisotopic (exact) mass is 470 g/mol. The molecule has 0 radical (unpaired) electrons. The van der Waals surface area contributed by atoms with E-state index in [1.807, 2.05) is 30.3 Å². The van der Waals surface area contributed by atoms with Crippen molar-refractivity contribution in [2.75, 3.05) is 6.61 Å². The first-order chi connectivity index (χ1) is 14.0. The largest absolute Gasteiger partial charge is 0.481 e. The summed E-state index contributed by atoms with van der Waals surface area (Å²) in [6, 6.07) is 14.4. The number of amides is 1. The second kappa shape index (κ2) is 9.92. The maximum Gasteiger partial charge on any atom is 0.291 e. The first-order valence-electron chi connectivity index (χ1n) is 8.52. The Kier molecular flexibility index (Phi) is 7.06. The van der Waals surface area contributed by atoms with E-state index in [0.29, 0.717) is 17.3 Å². The van der Waals surface area contributed by atoms with Gasteiger partial charge in [0.05, 0.1) is 12.8 Å². The van der Waals surface area contributed by atoms with Crippen molar-refractivity contribution in [1.82, 2.24) is 15.2 Å². The molecule has 0 aliphatic carbocycles. The van der Waals surface area contributed by atoms with Crippen LogP contribution in [-0.4, -0.2) is 28.5 Å². The van der Waals surface area contributed by atoms with Crippen molar-refractivity contribution in [2.24, 2.45) is 5.10 Å². The minimum absolute atomic E-state index is 0.174. The van der Waals surface area contributed by atoms with Gasteiger partial charge in [0.1, 0.15) is 12.4 Å². The number of rotatable bonds is 7. The molecule has 3 rings (SSSR count). The van der Waals surface area contributed by atoms with Crippen LogP contribution >= 0.6 is 27.5 Å². The Morgan fingerprint density at radius 1 is 1.31 bits per heavy atom. The van der Waals surface area contributed by atoms with Gasteiger partial charge in [-0.1, -0.05) is 45.6 Å². The summed E-state index contributed by atoms with van der Waals surface area (Å²) in [4.78, 5) is 12.3. The summed E-state index contributed by atoms with van der Waals surface area (Å²) < 4.78 is 7.85. The number of carbonyl (C=O) groups excluding carboxylic acids is 1. The van der Waals surface area contributed by atoms with Crippen LogP contribution in [0.25, 0.3) is 0 Å². The third-order valence-electron chi connectivity index (χ3n) is 3.79. The van der Waals surface area contributed by atoms with Crippen molar-refractivity contribution in [3.63, 3.8) is 0 Å². The number of hydrogen-bond donors (Lipinski definition) is 1. The number of terminal acetylenes is 1. The second-order valence-corrected chi connectivity index (χ2v) is 7.19. The molecule has 1 amide bonds. The molecule has 2 aromatic carbocycles. The van der Waals surface area contributed by atoms with E-state index in [-0.39, 0.29) is 12.3 Å². The van der Waals surface area contributed by atoms with Crippen molar-refractivity contribution < 1.29 is 9.53 Å². The normalized spacial score (nSPS) is 10.7. The molecule has 146 valence electrons. The molecule has 29 heavy (non-hydrogen) atoms. The SMILES string of the molecule is C#CCOc1ccc(Br)c(C=NNC(=O)c2ccn(Cc3ccc(Cl)cc3)n2)c1. The molecule has 0 saturated heterocycles. The summed E-state index contributed by atoms with van der Waals surface area (Å²) in [5, 5.41) is 8.93. The molecule has 8 heteroatoms. The zero-order valence-electron chi connectivity index (χ0n) is 15.2. The molecule has 1 heterocycles. The van der Waals surface area contributed by atoms with E-state index in [1.54, 1.807) is 29.1 Å². The fraction of sp³-hybridized carbons (Fsp3) is 0.0952. The number of halogens is 2. The first kappa shape index (κ1) is 20.6. The lowest BCUT2D eigenvalue weighted by Gasteiger charge is -2.04. The van der Waals surface area contributed by atoms with Crippen molar-refractivity contribution >= 4 is 39.7 Å². The van der Waals surface area contributed by atoms with Gasteiger partial charge < -0.3 is 4.74 Å². The van der Waals surface area contributed by atoms with Crippen LogP contribution in [0.1, 0.15) is 21.6 Å². The molecule has 3 aromatic rings. The minimum atomic E-state index is -0.410. The van der Waals surface area contributed by atoms with Crippen molar-refractivity contribution in [3.8, 4) is 18.1 Å². The molecule has 0 atom stereocenters. The number of carbonyl (C=O) groups is 1. The van der Waals surface area contributed by atoms with Crippen molar-refractivity contribution in [2.45, 2.75) is 6.54 Å². The van der Waals surface area contributed by atoms with E-state index in [9.17, 15) is 4.79 Å². The summed E-state index contributed by atoms with van der Waals surface area (Å²) >= 11 is 9.31. The first-order valence-corrected chi connectivity index (χ1v) is 9.69. The molecule has 0 unspecified atom stereocenters. The van der Waals surface area contributed by atoms with Crippen LogP contribution in [0.3, 0.4) is 0 Å². The van der Waals surface area contributed by atoms with Crippen molar-refractivity contribution in [1.29, 1.82) is 0 Å². The topological polar surface area (TPSA) is 68.5 Å². The van der Waals surface area contributed by atoms with Crippen LogP contribution in [0, 0.1) is 12.3 Å². The summed E-state index contributed by atoms with van der Waals surface area (Å²) in [5.74, 6) is 2.61. The predicted octanol–water partition coefficient (Wildman–Crippen LogP) is 4.12. The lowest BCUT2D eigenvalue weighted by Crippen LogP contribution is -2.18. The third kappa shape index (κ3) is 5.95.